The van der Waals surface area contributed by atoms with Crippen LogP contribution in [0.25, 0.3) is 0 Å². The highest BCUT2D eigenvalue weighted by Crippen LogP contribution is 2.30. The molecule has 0 fully saturated rings. The highest BCUT2D eigenvalue weighted by Gasteiger charge is 2.30. The van der Waals surface area contributed by atoms with Crippen LogP contribution in [0.4, 0.5) is 0 Å². The Hall–Kier alpha value is -1.91. The molecule has 0 bridgehead atoms. The summed E-state index contributed by atoms with van der Waals surface area (Å²) in [7, 11) is -1.24. The molecule has 2 rings (SSSR count). The van der Waals surface area contributed by atoms with Crippen molar-refractivity contribution < 1.29 is 9.32 Å². The molecular formula is C20H25NO2S. The Morgan fingerprint density at radius 3 is 2.00 bits per heavy atom. The maximum Gasteiger partial charge on any atom is 0.0980 e. The smallest absolute Gasteiger partial charge is 0.0980 e. The summed E-state index contributed by atoms with van der Waals surface area (Å²) in [6.07, 6.45) is 2.94. The lowest BCUT2D eigenvalue weighted by molar-refractivity contribution is 0.184. The molecule has 0 unspecified atom stereocenters. The fourth-order valence-electron chi connectivity index (χ4n) is 2.56. The van der Waals surface area contributed by atoms with Crippen molar-refractivity contribution in [3.05, 3.63) is 78.4 Å². The maximum absolute atomic E-state index is 13.7. The predicted molar refractivity (Wildman–Crippen MR) is 100 cm³/mol. The first-order valence-electron chi connectivity index (χ1n) is 8.09. The molecule has 0 saturated heterocycles. The van der Waals surface area contributed by atoms with Gasteiger partial charge in [-0.05, 0) is 23.6 Å². The predicted octanol–water partition coefficient (Wildman–Crippen LogP) is 4.46. The summed E-state index contributed by atoms with van der Waals surface area (Å²) in [4.78, 5) is 0.640. The number of nitrogens with zero attached hydrogens (tertiary/aromatic N) is 1. The van der Waals surface area contributed by atoms with Crippen molar-refractivity contribution in [1.82, 2.24) is 0 Å². The van der Waals surface area contributed by atoms with Gasteiger partial charge in [0.1, 0.15) is 0 Å². The van der Waals surface area contributed by atoms with Crippen LogP contribution >= 0.6 is 0 Å². The molecule has 0 heterocycles. The molecule has 0 radical (unpaired) electrons. The van der Waals surface area contributed by atoms with Crippen molar-refractivity contribution in [1.29, 1.82) is 0 Å². The third-order valence-electron chi connectivity index (χ3n) is 3.86. The molecular weight excluding hydrogens is 318 g/mol. The Kier molecular flexibility index (Phi) is 6.35. The Morgan fingerprint density at radius 2 is 1.50 bits per heavy atom. The van der Waals surface area contributed by atoms with Gasteiger partial charge in [-0.15, -0.1) is 0 Å². The number of hydrogen-bond donors (Lipinski definition) is 1. The van der Waals surface area contributed by atoms with E-state index in [1.54, 1.807) is 7.05 Å². The highest BCUT2D eigenvalue weighted by atomic mass is 32.2. The van der Waals surface area contributed by atoms with Gasteiger partial charge in [0.05, 0.1) is 21.1 Å². The fourth-order valence-corrected chi connectivity index (χ4v) is 4.68. The molecule has 0 aromatic heterocycles. The van der Waals surface area contributed by atoms with Crippen LogP contribution in [0.15, 0.2) is 82.1 Å². The topological polar surface area (TPSA) is 49.7 Å². The number of benzene rings is 2. The zero-order valence-corrected chi connectivity index (χ0v) is 15.2. The van der Waals surface area contributed by atoms with E-state index in [9.17, 15) is 9.32 Å². The lowest BCUT2D eigenvalue weighted by atomic mass is 10.0. The average molecular weight is 343 g/mol. The van der Waals surface area contributed by atoms with Crippen molar-refractivity contribution in [3.8, 4) is 0 Å². The molecule has 3 atom stereocenters. The molecule has 128 valence electrons. The van der Waals surface area contributed by atoms with Crippen LogP contribution in [0.5, 0.6) is 0 Å². The van der Waals surface area contributed by atoms with Gasteiger partial charge in [-0.1, -0.05) is 74.5 Å². The molecule has 3 nitrogen and oxygen atoms in total. The van der Waals surface area contributed by atoms with E-state index in [1.807, 2.05) is 72.8 Å². The minimum absolute atomic E-state index is 0.298. The van der Waals surface area contributed by atoms with E-state index in [0.717, 1.165) is 5.56 Å². The standard InChI is InChI=1S/C20H25NO2S/c1-16(2)14-15-19(20(22)17-10-6-4-7-11-17)24(23,21-3)18-12-8-5-9-13-18/h4-16,19-20,22H,1-3H3/b15-14-/t19-,20-,24-/m1/s1. The average Bonchev–Trinajstić information content (AvgIpc) is 2.62. The Labute approximate surface area is 145 Å². The van der Waals surface area contributed by atoms with Crippen molar-refractivity contribution in [3.63, 3.8) is 0 Å². The second kappa shape index (κ2) is 8.27. The minimum atomic E-state index is -2.80. The Balaban J connectivity index is 2.55. The van der Waals surface area contributed by atoms with E-state index >= 15 is 0 Å². The van der Waals surface area contributed by atoms with Gasteiger partial charge in [-0.2, -0.15) is 0 Å². The molecule has 0 saturated carbocycles. The van der Waals surface area contributed by atoms with E-state index in [0.29, 0.717) is 10.8 Å². The lowest BCUT2D eigenvalue weighted by Crippen LogP contribution is -2.27. The molecule has 4 heteroatoms. The van der Waals surface area contributed by atoms with Gasteiger partial charge in [-0.3, -0.25) is 0 Å². The first kappa shape index (κ1) is 18.4. The minimum Gasteiger partial charge on any atom is -0.387 e. The number of allylic oxidation sites excluding steroid dienone is 1. The van der Waals surface area contributed by atoms with Crippen LogP contribution < -0.4 is 0 Å². The summed E-state index contributed by atoms with van der Waals surface area (Å²) in [5, 5.41) is 10.3. The summed E-state index contributed by atoms with van der Waals surface area (Å²) in [5.74, 6) is 0.298. The van der Waals surface area contributed by atoms with Crippen LogP contribution in [0.3, 0.4) is 0 Å². The first-order valence-corrected chi connectivity index (χ1v) is 9.67. The first-order chi connectivity index (χ1) is 11.5. The van der Waals surface area contributed by atoms with Gasteiger partial charge in [0, 0.05) is 11.9 Å². The molecule has 1 N–H and O–H groups in total. The summed E-state index contributed by atoms with van der Waals surface area (Å²) in [6, 6.07) is 18.5. The molecule has 0 spiro atoms. The van der Waals surface area contributed by atoms with E-state index in [2.05, 4.69) is 18.2 Å². The van der Waals surface area contributed by atoms with Crippen LogP contribution in [0.2, 0.25) is 0 Å². The SMILES string of the molecule is CN=[S@@](=O)(c1ccccc1)[C@H](/C=C\C(C)C)[C@H](O)c1ccccc1. The Bertz CT molecular complexity index is 776. The maximum atomic E-state index is 13.7. The van der Waals surface area contributed by atoms with Gasteiger partial charge in [0.15, 0.2) is 0 Å². The zero-order valence-electron chi connectivity index (χ0n) is 14.4. The molecule has 0 aliphatic heterocycles. The summed E-state index contributed by atoms with van der Waals surface area (Å²) in [6.45, 7) is 4.10. The van der Waals surface area contributed by atoms with E-state index in [4.69, 9.17) is 0 Å². The van der Waals surface area contributed by atoms with Crippen molar-refractivity contribution in [2.24, 2.45) is 10.3 Å². The lowest BCUT2D eigenvalue weighted by Gasteiger charge is -2.24. The third kappa shape index (κ3) is 4.13. The monoisotopic (exact) mass is 343 g/mol. The molecule has 0 aliphatic rings. The molecule has 0 amide bonds. The van der Waals surface area contributed by atoms with Gasteiger partial charge in [-0.25, -0.2) is 8.57 Å². The van der Waals surface area contributed by atoms with Crippen LogP contribution in [-0.2, 0) is 9.73 Å². The van der Waals surface area contributed by atoms with Gasteiger partial charge in [0.2, 0.25) is 0 Å². The fraction of sp³-hybridized carbons (Fsp3) is 0.300. The van der Waals surface area contributed by atoms with E-state index in [1.165, 1.54) is 0 Å². The third-order valence-corrected chi connectivity index (χ3v) is 6.50. The van der Waals surface area contributed by atoms with E-state index < -0.39 is 21.1 Å². The normalized spacial score (nSPS) is 16.7. The van der Waals surface area contributed by atoms with Crippen LogP contribution in [0, 0.1) is 5.92 Å². The second-order valence-corrected chi connectivity index (χ2v) is 8.53. The summed E-state index contributed by atoms with van der Waals surface area (Å²) in [5.41, 5.74) is 0.739. The molecule has 24 heavy (non-hydrogen) atoms. The number of aliphatic hydroxyl groups excluding tert-OH is 1. The number of hydrogen-bond acceptors (Lipinski definition) is 3. The number of aliphatic hydroxyl groups is 1. The zero-order chi connectivity index (χ0) is 17.6. The highest BCUT2D eigenvalue weighted by molar-refractivity contribution is 7.94. The van der Waals surface area contributed by atoms with Crippen LogP contribution in [0.1, 0.15) is 25.5 Å². The van der Waals surface area contributed by atoms with Gasteiger partial charge >= 0.3 is 0 Å². The van der Waals surface area contributed by atoms with E-state index in [-0.39, 0.29) is 0 Å². The van der Waals surface area contributed by atoms with Crippen molar-refractivity contribution in [2.75, 3.05) is 7.05 Å². The molecule has 2 aromatic rings. The molecule has 2 aromatic carbocycles. The Morgan fingerprint density at radius 1 is 0.958 bits per heavy atom. The molecule has 0 aliphatic carbocycles. The summed E-state index contributed by atoms with van der Waals surface area (Å²) >= 11 is 0. The van der Waals surface area contributed by atoms with Gasteiger partial charge < -0.3 is 5.11 Å². The van der Waals surface area contributed by atoms with Crippen LogP contribution in [-0.4, -0.2) is 21.6 Å². The largest absolute Gasteiger partial charge is 0.387 e. The summed E-state index contributed by atoms with van der Waals surface area (Å²) < 4.78 is 17.9. The quantitative estimate of drug-likeness (QED) is 0.787. The van der Waals surface area contributed by atoms with Gasteiger partial charge in [0.25, 0.3) is 0 Å². The van der Waals surface area contributed by atoms with Crippen molar-refractivity contribution in [2.45, 2.75) is 30.1 Å². The van der Waals surface area contributed by atoms with Crippen molar-refractivity contribution >= 4 is 9.73 Å². The number of rotatable bonds is 6. The second-order valence-electron chi connectivity index (χ2n) is 6.01.